The smallest absolute Gasteiger partial charge is 0.418 e. The molecule has 0 aliphatic heterocycles. The molecule has 1 N–H and O–H groups in total. The van der Waals surface area contributed by atoms with E-state index in [1.165, 1.54) is 26.8 Å². The van der Waals surface area contributed by atoms with Crippen LogP contribution in [0.4, 0.5) is 26.3 Å². The van der Waals surface area contributed by atoms with Crippen LogP contribution in [-0.2, 0) is 20.9 Å². The molecular formula is C25H31F6NO3S. The van der Waals surface area contributed by atoms with Crippen molar-refractivity contribution in [2.24, 2.45) is 5.92 Å². The lowest BCUT2D eigenvalue weighted by Crippen LogP contribution is -2.54. The first-order chi connectivity index (χ1) is 16.3. The summed E-state index contributed by atoms with van der Waals surface area (Å²) in [7, 11) is 0. The number of hydrogen-bond donors (Lipinski definition) is 1. The topological polar surface area (TPSA) is 61.4 Å². The molecule has 1 aliphatic rings. The van der Waals surface area contributed by atoms with Crippen molar-refractivity contribution < 1.29 is 40.4 Å². The van der Waals surface area contributed by atoms with Crippen LogP contribution in [0.3, 0.4) is 0 Å². The average molecular weight is 540 g/mol. The summed E-state index contributed by atoms with van der Waals surface area (Å²) in [6, 6.07) is 0.590. The summed E-state index contributed by atoms with van der Waals surface area (Å²) in [5.74, 6) is -5.59. The number of rotatable bonds is 7. The van der Waals surface area contributed by atoms with Crippen LogP contribution in [0.5, 0.6) is 0 Å². The summed E-state index contributed by atoms with van der Waals surface area (Å²) in [5, 5.41) is 0. The number of ether oxygens (including phenoxy) is 1. The molecule has 4 atom stereocenters. The van der Waals surface area contributed by atoms with Gasteiger partial charge in [0.25, 0.3) is 0 Å². The average Bonchev–Trinajstić information content (AvgIpc) is 2.69. The van der Waals surface area contributed by atoms with Crippen molar-refractivity contribution in [3.8, 4) is 0 Å². The van der Waals surface area contributed by atoms with Gasteiger partial charge in [-0.15, -0.1) is 4.72 Å². The number of nitrogens with one attached hydrogen (secondary N) is 1. The fourth-order valence-electron chi connectivity index (χ4n) is 4.05. The number of hydrogen-bond acceptors (Lipinski definition) is 4. The molecule has 202 valence electrons. The van der Waals surface area contributed by atoms with Crippen LogP contribution in [0.15, 0.2) is 29.6 Å². The van der Waals surface area contributed by atoms with Gasteiger partial charge >= 0.3 is 12.1 Å². The van der Waals surface area contributed by atoms with Gasteiger partial charge in [-0.1, -0.05) is 0 Å². The highest BCUT2D eigenvalue weighted by molar-refractivity contribution is 7.90. The fraction of sp³-hybridized carbons (Fsp3) is 0.560. The molecule has 1 aliphatic carbocycles. The van der Waals surface area contributed by atoms with Gasteiger partial charge in [-0.05, 0) is 88.9 Å². The SMILES string of the molecule is CCOC(=O)CC(N[S+]([O-])C(C)(C)C)C1C(F)=C(C(F)(F)F)C=C(c2cc(C)c(F)cc2C)C1(C)F. The predicted octanol–water partition coefficient (Wildman–Crippen LogP) is 6.34. The van der Waals surface area contributed by atoms with Crippen molar-refractivity contribution in [3.05, 3.63) is 52.1 Å². The number of esters is 1. The van der Waals surface area contributed by atoms with E-state index < -0.39 is 75.1 Å². The zero-order valence-corrected chi connectivity index (χ0v) is 22.0. The molecule has 0 radical (unpaired) electrons. The Morgan fingerprint density at radius 3 is 2.28 bits per heavy atom. The van der Waals surface area contributed by atoms with Gasteiger partial charge < -0.3 is 9.29 Å². The predicted molar refractivity (Wildman–Crippen MR) is 127 cm³/mol. The molecule has 1 aromatic carbocycles. The van der Waals surface area contributed by atoms with Crippen molar-refractivity contribution >= 4 is 22.9 Å². The Balaban J connectivity index is 2.80. The molecular weight excluding hydrogens is 508 g/mol. The molecule has 0 heterocycles. The molecule has 11 heteroatoms. The van der Waals surface area contributed by atoms with E-state index in [0.29, 0.717) is 6.08 Å². The molecule has 0 spiro atoms. The molecule has 0 amide bonds. The Morgan fingerprint density at radius 1 is 1.19 bits per heavy atom. The maximum absolute atomic E-state index is 16.6. The van der Waals surface area contributed by atoms with Crippen molar-refractivity contribution in [2.45, 2.75) is 77.5 Å². The maximum atomic E-state index is 16.6. The number of halogens is 6. The summed E-state index contributed by atoms with van der Waals surface area (Å²) in [6.07, 6.45) is -5.56. The Morgan fingerprint density at radius 2 is 1.78 bits per heavy atom. The Bertz CT molecular complexity index is 1060. The highest BCUT2D eigenvalue weighted by Gasteiger charge is 2.55. The molecule has 4 unspecified atom stereocenters. The molecule has 36 heavy (non-hydrogen) atoms. The molecule has 1 aromatic rings. The number of benzene rings is 1. The molecule has 0 saturated heterocycles. The van der Waals surface area contributed by atoms with Gasteiger partial charge in [-0.2, -0.15) is 13.2 Å². The fourth-order valence-corrected chi connectivity index (χ4v) is 4.90. The Labute approximate surface area is 210 Å². The molecule has 2 rings (SSSR count). The first-order valence-corrected chi connectivity index (χ1v) is 12.5. The van der Waals surface area contributed by atoms with Gasteiger partial charge in [0.15, 0.2) is 0 Å². The van der Waals surface area contributed by atoms with E-state index in [-0.39, 0.29) is 23.3 Å². The molecule has 0 saturated carbocycles. The van der Waals surface area contributed by atoms with Crippen LogP contribution in [-0.4, -0.2) is 39.8 Å². The van der Waals surface area contributed by atoms with E-state index in [0.717, 1.165) is 13.0 Å². The number of alkyl halides is 4. The number of carbonyl (C=O) groups excluding carboxylic acids is 1. The molecule has 0 bridgehead atoms. The van der Waals surface area contributed by atoms with Crippen LogP contribution < -0.4 is 4.72 Å². The van der Waals surface area contributed by atoms with Crippen molar-refractivity contribution in [1.82, 2.24) is 4.72 Å². The summed E-state index contributed by atoms with van der Waals surface area (Å²) in [6.45, 7) is 9.74. The zero-order chi connectivity index (χ0) is 27.8. The van der Waals surface area contributed by atoms with Crippen LogP contribution in [0.25, 0.3) is 5.57 Å². The minimum absolute atomic E-state index is 0.0371. The van der Waals surface area contributed by atoms with Crippen LogP contribution in [0, 0.1) is 25.6 Å². The van der Waals surface area contributed by atoms with Gasteiger partial charge in [0, 0.05) is 11.4 Å². The highest BCUT2D eigenvalue weighted by atomic mass is 32.2. The van der Waals surface area contributed by atoms with Crippen LogP contribution in [0.1, 0.15) is 57.7 Å². The minimum Gasteiger partial charge on any atom is -0.598 e. The molecule has 0 fully saturated rings. The van der Waals surface area contributed by atoms with Gasteiger partial charge in [-0.25, -0.2) is 13.2 Å². The van der Waals surface area contributed by atoms with Gasteiger partial charge in [-0.3, -0.25) is 4.79 Å². The lowest BCUT2D eigenvalue weighted by Gasteiger charge is -2.41. The Hall–Kier alpha value is -1.98. The summed E-state index contributed by atoms with van der Waals surface area (Å²) in [5.41, 5.74) is -4.91. The number of carbonyl (C=O) groups is 1. The van der Waals surface area contributed by atoms with E-state index in [2.05, 4.69) is 4.72 Å². The number of allylic oxidation sites excluding steroid dienone is 3. The monoisotopic (exact) mass is 539 g/mol. The summed E-state index contributed by atoms with van der Waals surface area (Å²) >= 11 is -2.00. The van der Waals surface area contributed by atoms with Crippen molar-refractivity contribution in [3.63, 3.8) is 0 Å². The third kappa shape index (κ3) is 6.47. The lowest BCUT2D eigenvalue weighted by atomic mass is 9.70. The van der Waals surface area contributed by atoms with Gasteiger partial charge in [0.05, 0.1) is 30.6 Å². The standard InChI is InChI=1S/C25H31F6NO3S/c1-8-35-20(33)12-19(32-36(34)23(4,5)6)21-22(27)17(25(29,30)31)11-16(24(21,7)28)15-9-14(3)18(26)10-13(15)2/h9-11,19,21,32H,8,12H2,1-7H3. The van der Waals surface area contributed by atoms with Crippen molar-refractivity contribution in [1.29, 1.82) is 0 Å². The second-order valence-electron chi connectivity index (χ2n) is 9.90. The normalized spacial score (nSPS) is 22.8. The number of aryl methyl sites for hydroxylation is 2. The van der Waals surface area contributed by atoms with E-state index >= 15 is 8.78 Å². The first kappa shape index (κ1) is 30.2. The van der Waals surface area contributed by atoms with Gasteiger partial charge in [0.1, 0.15) is 22.1 Å². The lowest BCUT2D eigenvalue weighted by molar-refractivity contribution is -0.144. The van der Waals surface area contributed by atoms with E-state index in [1.54, 1.807) is 20.8 Å². The van der Waals surface area contributed by atoms with Crippen LogP contribution >= 0.6 is 0 Å². The third-order valence-electron chi connectivity index (χ3n) is 5.94. The quantitative estimate of drug-likeness (QED) is 0.250. The maximum Gasteiger partial charge on any atom is 0.418 e. The van der Waals surface area contributed by atoms with E-state index in [9.17, 15) is 26.9 Å². The van der Waals surface area contributed by atoms with E-state index in [4.69, 9.17) is 4.74 Å². The van der Waals surface area contributed by atoms with Crippen molar-refractivity contribution in [2.75, 3.05) is 6.61 Å². The zero-order valence-electron chi connectivity index (χ0n) is 21.2. The van der Waals surface area contributed by atoms with E-state index in [1.807, 2.05) is 0 Å². The summed E-state index contributed by atoms with van der Waals surface area (Å²) in [4.78, 5) is 12.3. The summed E-state index contributed by atoms with van der Waals surface area (Å²) < 4.78 is 107. The second-order valence-corrected chi connectivity index (χ2v) is 11.9. The van der Waals surface area contributed by atoms with Gasteiger partial charge in [0.2, 0.25) is 0 Å². The molecule has 4 nitrogen and oxygen atoms in total. The third-order valence-corrected chi connectivity index (χ3v) is 7.57. The highest BCUT2D eigenvalue weighted by Crippen LogP contribution is 2.51. The first-order valence-electron chi connectivity index (χ1n) is 11.3. The second kappa shape index (κ2) is 10.8. The largest absolute Gasteiger partial charge is 0.598 e. The van der Waals surface area contributed by atoms with Crippen LogP contribution in [0.2, 0.25) is 0 Å². The molecule has 0 aromatic heterocycles. The minimum atomic E-state index is -5.20. The Kier molecular flexibility index (Phi) is 9.06.